The Bertz CT molecular complexity index is 738. The lowest BCUT2D eigenvalue weighted by Crippen LogP contribution is -2.00. The van der Waals surface area contributed by atoms with E-state index >= 15 is 0 Å². The van der Waals surface area contributed by atoms with Gasteiger partial charge in [-0.25, -0.2) is 0 Å². The van der Waals surface area contributed by atoms with Crippen LogP contribution < -0.4 is 0 Å². The molecule has 1 unspecified atom stereocenters. The molecule has 3 rings (SSSR count). The normalized spacial score (nSPS) is 12.5. The Kier molecular flexibility index (Phi) is 3.93. The number of nitrogens with zero attached hydrogens (tertiary/aromatic N) is 2. The van der Waals surface area contributed by atoms with Crippen molar-refractivity contribution >= 4 is 11.0 Å². The van der Waals surface area contributed by atoms with Gasteiger partial charge in [-0.15, -0.1) is 0 Å². The van der Waals surface area contributed by atoms with Crippen LogP contribution in [-0.4, -0.2) is 15.1 Å². The molecule has 0 spiro atoms. The van der Waals surface area contributed by atoms with Gasteiger partial charge in [0.1, 0.15) is 6.10 Å². The van der Waals surface area contributed by atoms with Gasteiger partial charge in [-0.2, -0.15) is 0 Å². The largest absolute Gasteiger partial charge is 0.384 e. The molecule has 0 fully saturated rings. The topological polar surface area (TPSA) is 46.0 Å². The average molecular weight is 278 g/mol. The smallest absolute Gasteiger partial charge is 0.104 e. The maximum absolute atomic E-state index is 10.5. The minimum Gasteiger partial charge on any atom is -0.384 e. The summed E-state index contributed by atoms with van der Waals surface area (Å²) >= 11 is 0. The van der Waals surface area contributed by atoms with Crippen molar-refractivity contribution in [3.05, 3.63) is 71.5 Å². The Morgan fingerprint density at radius 1 is 0.905 bits per heavy atom. The van der Waals surface area contributed by atoms with E-state index in [1.807, 2.05) is 30.3 Å². The summed E-state index contributed by atoms with van der Waals surface area (Å²) in [5.41, 5.74) is 4.69. The molecule has 1 aromatic heterocycles. The van der Waals surface area contributed by atoms with Gasteiger partial charge in [0, 0.05) is 12.4 Å². The van der Waals surface area contributed by atoms with E-state index in [1.54, 1.807) is 12.4 Å². The van der Waals surface area contributed by atoms with Crippen LogP contribution in [-0.2, 0) is 6.42 Å². The summed E-state index contributed by atoms with van der Waals surface area (Å²) in [4.78, 5) is 8.53. The summed E-state index contributed by atoms with van der Waals surface area (Å²) in [5, 5.41) is 10.5. The number of hydrogen-bond acceptors (Lipinski definition) is 3. The van der Waals surface area contributed by atoms with Crippen LogP contribution in [0.3, 0.4) is 0 Å². The van der Waals surface area contributed by atoms with Crippen molar-refractivity contribution in [1.82, 2.24) is 9.97 Å². The van der Waals surface area contributed by atoms with Gasteiger partial charge in [-0.1, -0.05) is 43.7 Å². The third-order valence-corrected chi connectivity index (χ3v) is 3.64. The first kappa shape index (κ1) is 13.7. The molecule has 3 aromatic rings. The molecule has 0 saturated heterocycles. The minimum atomic E-state index is -0.632. The first-order chi connectivity index (χ1) is 10.3. The fraction of sp³-hybridized carbons (Fsp3) is 0.222. The van der Waals surface area contributed by atoms with Crippen molar-refractivity contribution in [3.63, 3.8) is 0 Å². The number of aliphatic hydroxyl groups is 1. The quantitative estimate of drug-likeness (QED) is 0.792. The molecule has 2 aromatic carbocycles. The second-order valence-corrected chi connectivity index (χ2v) is 5.20. The van der Waals surface area contributed by atoms with E-state index in [9.17, 15) is 5.11 Å². The lowest BCUT2D eigenvalue weighted by atomic mass is 9.99. The van der Waals surface area contributed by atoms with Gasteiger partial charge < -0.3 is 5.11 Å². The minimum absolute atomic E-state index is 0.632. The molecule has 0 aliphatic rings. The van der Waals surface area contributed by atoms with Crippen molar-refractivity contribution < 1.29 is 5.11 Å². The zero-order valence-corrected chi connectivity index (χ0v) is 12.0. The second-order valence-electron chi connectivity index (χ2n) is 5.20. The fourth-order valence-electron chi connectivity index (χ4n) is 2.50. The Labute approximate surface area is 124 Å². The van der Waals surface area contributed by atoms with E-state index in [0.717, 1.165) is 35.0 Å². The molecule has 1 atom stereocenters. The molecule has 1 heterocycles. The summed E-state index contributed by atoms with van der Waals surface area (Å²) in [6, 6.07) is 13.9. The number of aromatic nitrogens is 2. The summed E-state index contributed by atoms with van der Waals surface area (Å²) < 4.78 is 0. The molecule has 0 saturated carbocycles. The summed E-state index contributed by atoms with van der Waals surface area (Å²) in [6.45, 7) is 2.17. The van der Waals surface area contributed by atoms with Crippen LogP contribution in [0.4, 0.5) is 0 Å². The lowest BCUT2D eigenvalue weighted by Gasteiger charge is -2.12. The van der Waals surface area contributed by atoms with Gasteiger partial charge in [0.25, 0.3) is 0 Å². The van der Waals surface area contributed by atoms with Gasteiger partial charge >= 0.3 is 0 Å². The number of aliphatic hydroxyl groups excluding tert-OH is 1. The van der Waals surface area contributed by atoms with Gasteiger partial charge in [0.05, 0.1) is 11.0 Å². The van der Waals surface area contributed by atoms with Crippen LogP contribution in [0.15, 0.2) is 54.9 Å². The van der Waals surface area contributed by atoms with Crippen LogP contribution in [0, 0.1) is 0 Å². The molecule has 0 radical (unpaired) electrons. The summed E-state index contributed by atoms with van der Waals surface area (Å²) in [7, 11) is 0. The van der Waals surface area contributed by atoms with E-state index in [4.69, 9.17) is 0 Å². The predicted octanol–water partition coefficient (Wildman–Crippen LogP) is 3.66. The van der Waals surface area contributed by atoms with Crippen molar-refractivity contribution in [2.45, 2.75) is 25.9 Å². The number of rotatable bonds is 4. The van der Waals surface area contributed by atoms with Gasteiger partial charge in [0.2, 0.25) is 0 Å². The third kappa shape index (κ3) is 2.93. The molecule has 3 heteroatoms. The maximum atomic E-state index is 10.5. The first-order valence-corrected chi connectivity index (χ1v) is 7.25. The monoisotopic (exact) mass is 278 g/mol. The molecular weight excluding hydrogens is 260 g/mol. The standard InChI is InChI=1S/C18H18N2O/c1-2-3-13-4-6-14(7-5-13)18(21)15-8-9-16-17(12-15)20-11-10-19-16/h4-12,18,21H,2-3H2,1H3. The van der Waals surface area contributed by atoms with Crippen LogP contribution in [0.2, 0.25) is 0 Å². The van der Waals surface area contributed by atoms with Gasteiger partial charge in [-0.05, 0) is 35.2 Å². The lowest BCUT2D eigenvalue weighted by molar-refractivity contribution is 0.220. The molecule has 3 nitrogen and oxygen atoms in total. The van der Waals surface area contributed by atoms with E-state index in [2.05, 4.69) is 29.0 Å². The van der Waals surface area contributed by atoms with E-state index in [-0.39, 0.29) is 0 Å². The van der Waals surface area contributed by atoms with Crippen molar-refractivity contribution in [3.8, 4) is 0 Å². The van der Waals surface area contributed by atoms with Crippen molar-refractivity contribution in [2.75, 3.05) is 0 Å². The Balaban J connectivity index is 1.90. The van der Waals surface area contributed by atoms with Crippen LogP contribution in [0.5, 0.6) is 0 Å². The number of benzene rings is 2. The highest BCUT2D eigenvalue weighted by Gasteiger charge is 2.11. The van der Waals surface area contributed by atoms with Crippen LogP contribution >= 0.6 is 0 Å². The summed E-state index contributed by atoms with van der Waals surface area (Å²) in [5.74, 6) is 0. The maximum Gasteiger partial charge on any atom is 0.104 e. The molecule has 106 valence electrons. The highest BCUT2D eigenvalue weighted by atomic mass is 16.3. The number of aryl methyl sites for hydroxylation is 1. The van der Waals surface area contributed by atoms with E-state index in [0.29, 0.717) is 0 Å². The molecule has 1 N–H and O–H groups in total. The second kappa shape index (κ2) is 6.02. The summed E-state index contributed by atoms with van der Waals surface area (Å²) in [6.07, 6.45) is 4.91. The molecule has 21 heavy (non-hydrogen) atoms. The highest BCUT2D eigenvalue weighted by molar-refractivity contribution is 5.74. The molecule has 0 aliphatic carbocycles. The van der Waals surface area contributed by atoms with Crippen molar-refractivity contribution in [1.29, 1.82) is 0 Å². The Hall–Kier alpha value is -2.26. The molecular formula is C18H18N2O. The van der Waals surface area contributed by atoms with Crippen LogP contribution in [0.25, 0.3) is 11.0 Å². The first-order valence-electron chi connectivity index (χ1n) is 7.25. The van der Waals surface area contributed by atoms with Gasteiger partial charge in [-0.3, -0.25) is 9.97 Å². The number of fused-ring (bicyclic) bond motifs is 1. The third-order valence-electron chi connectivity index (χ3n) is 3.64. The molecule has 0 amide bonds. The zero-order chi connectivity index (χ0) is 14.7. The average Bonchev–Trinajstić information content (AvgIpc) is 2.55. The number of hydrogen-bond donors (Lipinski definition) is 1. The van der Waals surface area contributed by atoms with Crippen molar-refractivity contribution in [2.24, 2.45) is 0 Å². The van der Waals surface area contributed by atoms with E-state index in [1.165, 1.54) is 5.56 Å². The fourth-order valence-corrected chi connectivity index (χ4v) is 2.50. The molecule has 0 bridgehead atoms. The van der Waals surface area contributed by atoms with Crippen LogP contribution in [0.1, 0.15) is 36.1 Å². The SMILES string of the molecule is CCCc1ccc(C(O)c2ccc3nccnc3c2)cc1. The van der Waals surface area contributed by atoms with E-state index < -0.39 is 6.10 Å². The predicted molar refractivity (Wildman–Crippen MR) is 84.0 cm³/mol. The zero-order valence-electron chi connectivity index (χ0n) is 12.0. The Morgan fingerprint density at radius 2 is 1.57 bits per heavy atom. The Morgan fingerprint density at radius 3 is 2.29 bits per heavy atom. The van der Waals surface area contributed by atoms with Gasteiger partial charge in [0.15, 0.2) is 0 Å². The highest BCUT2D eigenvalue weighted by Crippen LogP contribution is 2.24. The molecule has 0 aliphatic heterocycles.